The van der Waals surface area contributed by atoms with Gasteiger partial charge in [0.25, 0.3) is 0 Å². The van der Waals surface area contributed by atoms with Gasteiger partial charge >= 0.3 is 0 Å². The Kier molecular flexibility index (Phi) is 3.90. The van der Waals surface area contributed by atoms with Gasteiger partial charge in [0.1, 0.15) is 5.82 Å². The second-order valence-electron chi connectivity index (χ2n) is 4.25. The molecule has 2 aromatic rings. The monoisotopic (exact) mass is 242 g/mol. The van der Waals surface area contributed by atoms with E-state index < -0.39 is 0 Å². The van der Waals surface area contributed by atoms with Gasteiger partial charge in [-0.25, -0.2) is 4.39 Å². The second kappa shape index (κ2) is 5.61. The smallest absolute Gasteiger partial charge is 0.123 e. The van der Waals surface area contributed by atoms with E-state index in [1.807, 2.05) is 37.3 Å². The van der Waals surface area contributed by atoms with Gasteiger partial charge in [-0.05, 0) is 35.7 Å². The van der Waals surface area contributed by atoms with Gasteiger partial charge in [0, 0.05) is 0 Å². The predicted octanol–water partition coefficient (Wildman–Crippen LogP) is 3.80. The number of hydrogen-bond acceptors (Lipinski definition) is 1. The molecule has 2 aromatic carbocycles. The molecule has 1 nitrogen and oxygen atoms in total. The minimum atomic E-state index is -0.237. The van der Waals surface area contributed by atoms with Crippen LogP contribution in [0.15, 0.2) is 42.5 Å². The zero-order valence-electron chi connectivity index (χ0n) is 10.2. The van der Waals surface area contributed by atoms with Crippen molar-refractivity contribution in [2.75, 3.05) is 0 Å². The summed E-state index contributed by atoms with van der Waals surface area (Å²) in [5.74, 6) is -0.237. The Bertz CT molecular complexity index is 556. The van der Waals surface area contributed by atoms with E-state index in [1.54, 1.807) is 12.1 Å². The van der Waals surface area contributed by atoms with Crippen molar-refractivity contribution in [2.24, 2.45) is 0 Å². The highest BCUT2D eigenvalue weighted by atomic mass is 19.1. The Morgan fingerprint density at radius 1 is 1.06 bits per heavy atom. The van der Waals surface area contributed by atoms with Gasteiger partial charge in [-0.2, -0.15) is 0 Å². The quantitative estimate of drug-likeness (QED) is 0.812. The third-order valence-corrected chi connectivity index (χ3v) is 2.80. The molecule has 0 saturated carbocycles. The molecule has 0 radical (unpaired) electrons. The van der Waals surface area contributed by atoms with Crippen molar-refractivity contribution in [2.45, 2.75) is 13.5 Å². The Balaban J connectivity index is 2.27. The van der Waals surface area contributed by atoms with Crippen molar-refractivity contribution in [3.05, 3.63) is 70.5 Å². The molecule has 1 N–H and O–H groups in total. The Morgan fingerprint density at radius 2 is 1.78 bits per heavy atom. The van der Waals surface area contributed by atoms with Crippen molar-refractivity contribution in [3.63, 3.8) is 0 Å². The van der Waals surface area contributed by atoms with E-state index in [-0.39, 0.29) is 12.4 Å². The average Bonchev–Trinajstić information content (AvgIpc) is 2.38. The van der Waals surface area contributed by atoms with Crippen molar-refractivity contribution in [1.82, 2.24) is 0 Å². The third kappa shape index (κ3) is 3.05. The lowest BCUT2D eigenvalue weighted by atomic mass is 10.0. The molecule has 2 rings (SSSR count). The predicted molar refractivity (Wildman–Crippen MR) is 72.4 cm³/mol. The van der Waals surface area contributed by atoms with E-state index in [0.29, 0.717) is 0 Å². The molecular weight excluding hydrogens is 227 g/mol. The lowest BCUT2D eigenvalue weighted by Gasteiger charge is -2.04. The summed E-state index contributed by atoms with van der Waals surface area (Å²) in [6.07, 6.45) is 3.85. The number of aliphatic hydroxyl groups excluding tert-OH is 1. The number of halogens is 1. The lowest BCUT2D eigenvalue weighted by Crippen LogP contribution is -1.89. The van der Waals surface area contributed by atoms with E-state index in [9.17, 15) is 9.50 Å². The van der Waals surface area contributed by atoms with Crippen LogP contribution in [0.2, 0.25) is 0 Å². The Morgan fingerprint density at radius 3 is 2.44 bits per heavy atom. The second-order valence-corrected chi connectivity index (χ2v) is 4.25. The van der Waals surface area contributed by atoms with Crippen LogP contribution in [0.5, 0.6) is 0 Å². The molecule has 0 spiro atoms. The van der Waals surface area contributed by atoms with E-state index in [1.165, 1.54) is 12.1 Å². The maximum absolute atomic E-state index is 12.8. The number of benzene rings is 2. The first-order valence-electron chi connectivity index (χ1n) is 5.83. The van der Waals surface area contributed by atoms with Crippen LogP contribution < -0.4 is 0 Å². The summed E-state index contributed by atoms with van der Waals surface area (Å²) in [7, 11) is 0. The molecule has 0 atom stereocenters. The highest BCUT2D eigenvalue weighted by Crippen LogP contribution is 2.15. The first-order valence-corrected chi connectivity index (χ1v) is 5.83. The van der Waals surface area contributed by atoms with Gasteiger partial charge in [-0.15, -0.1) is 0 Å². The van der Waals surface area contributed by atoms with Crippen molar-refractivity contribution < 1.29 is 9.50 Å². The molecule has 92 valence electrons. The number of aryl methyl sites for hydroxylation is 1. The third-order valence-electron chi connectivity index (χ3n) is 2.80. The maximum Gasteiger partial charge on any atom is 0.123 e. The van der Waals surface area contributed by atoms with Crippen molar-refractivity contribution >= 4 is 12.2 Å². The molecule has 0 bridgehead atoms. The fourth-order valence-electron chi connectivity index (χ4n) is 1.77. The van der Waals surface area contributed by atoms with Crippen molar-refractivity contribution in [1.29, 1.82) is 0 Å². The topological polar surface area (TPSA) is 20.2 Å². The summed E-state index contributed by atoms with van der Waals surface area (Å²) in [5.41, 5.74) is 3.95. The first kappa shape index (κ1) is 12.5. The van der Waals surface area contributed by atoms with E-state index >= 15 is 0 Å². The molecule has 0 aliphatic heterocycles. The SMILES string of the molecule is Cc1ccc(CO)c(/C=C/c2ccc(F)cc2)c1. The summed E-state index contributed by atoms with van der Waals surface area (Å²) >= 11 is 0. The van der Waals surface area contributed by atoms with Crippen LogP contribution in [0.1, 0.15) is 22.3 Å². The molecular formula is C16H15FO. The van der Waals surface area contributed by atoms with Crippen LogP contribution in [0.25, 0.3) is 12.2 Å². The van der Waals surface area contributed by atoms with Gasteiger partial charge < -0.3 is 5.11 Å². The molecule has 0 aliphatic carbocycles. The van der Waals surface area contributed by atoms with E-state index in [2.05, 4.69) is 0 Å². The van der Waals surface area contributed by atoms with E-state index in [0.717, 1.165) is 22.3 Å². The normalized spacial score (nSPS) is 11.1. The average molecular weight is 242 g/mol. The fourth-order valence-corrected chi connectivity index (χ4v) is 1.77. The van der Waals surface area contributed by atoms with Gasteiger partial charge in [0.2, 0.25) is 0 Å². The van der Waals surface area contributed by atoms with Gasteiger partial charge in [0.15, 0.2) is 0 Å². The molecule has 0 amide bonds. The highest BCUT2D eigenvalue weighted by Gasteiger charge is 1.98. The maximum atomic E-state index is 12.8. The van der Waals surface area contributed by atoms with Crippen LogP contribution in [0, 0.1) is 12.7 Å². The number of hydrogen-bond donors (Lipinski definition) is 1. The Hall–Kier alpha value is -1.93. The minimum absolute atomic E-state index is 0.0172. The zero-order valence-corrected chi connectivity index (χ0v) is 10.2. The molecule has 0 aromatic heterocycles. The first-order chi connectivity index (χ1) is 8.69. The Labute approximate surface area is 106 Å². The van der Waals surface area contributed by atoms with Gasteiger partial charge in [0.05, 0.1) is 6.61 Å². The van der Waals surface area contributed by atoms with Crippen LogP contribution in [-0.4, -0.2) is 5.11 Å². The largest absolute Gasteiger partial charge is 0.392 e. The van der Waals surface area contributed by atoms with E-state index in [4.69, 9.17) is 0 Å². The zero-order chi connectivity index (χ0) is 13.0. The minimum Gasteiger partial charge on any atom is -0.392 e. The number of rotatable bonds is 3. The summed E-state index contributed by atoms with van der Waals surface area (Å²) in [4.78, 5) is 0. The lowest BCUT2D eigenvalue weighted by molar-refractivity contribution is 0.281. The summed E-state index contributed by atoms with van der Waals surface area (Å²) in [6, 6.07) is 12.2. The van der Waals surface area contributed by atoms with Crippen LogP contribution in [0.3, 0.4) is 0 Å². The summed E-state index contributed by atoms with van der Waals surface area (Å²) in [6.45, 7) is 2.03. The van der Waals surface area contributed by atoms with Gasteiger partial charge in [-0.3, -0.25) is 0 Å². The van der Waals surface area contributed by atoms with Crippen molar-refractivity contribution in [3.8, 4) is 0 Å². The van der Waals surface area contributed by atoms with Crippen LogP contribution in [0.4, 0.5) is 4.39 Å². The fraction of sp³-hybridized carbons (Fsp3) is 0.125. The van der Waals surface area contributed by atoms with Crippen LogP contribution >= 0.6 is 0 Å². The molecule has 0 unspecified atom stereocenters. The molecule has 0 saturated heterocycles. The molecule has 0 heterocycles. The standard InChI is InChI=1S/C16H15FO/c1-12-2-6-15(11-18)14(10-12)7-3-13-4-8-16(17)9-5-13/h2-10,18H,11H2,1H3/b7-3+. The highest BCUT2D eigenvalue weighted by molar-refractivity contribution is 5.71. The van der Waals surface area contributed by atoms with Gasteiger partial charge in [-0.1, -0.05) is 48.0 Å². The molecule has 2 heteroatoms. The van der Waals surface area contributed by atoms with Crippen LogP contribution in [-0.2, 0) is 6.61 Å². The number of aliphatic hydroxyl groups is 1. The summed E-state index contributed by atoms with van der Waals surface area (Å²) < 4.78 is 12.8. The molecule has 18 heavy (non-hydrogen) atoms. The summed E-state index contributed by atoms with van der Waals surface area (Å²) in [5, 5.41) is 9.26. The molecule has 0 fully saturated rings. The molecule has 0 aliphatic rings.